The van der Waals surface area contributed by atoms with E-state index in [1.165, 1.54) is 12.1 Å². The van der Waals surface area contributed by atoms with Crippen LogP contribution in [0.4, 0.5) is 4.39 Å². The maximum absolute atomic E-state index is 13.3. The van der Waals surface area contributed by atoms with Crippen LogP contribution in [0.2, 0.25) is 0 Å². The number of carbonyl (C=O) groups excluding carboxylic acids is 1. The Bertz CT molecular complexity index is 432. The van der Waals surface area contributed by atoms with Crippen molar-refractivity contribution < 1.29 is 14.4 Å². The van der Waals surface area contributed by atoms with Gasteiger partial charge in [0.25, 0.3) is 5.91 Å². The lowest BCUT2D eigenvalue weighted by molar-refractivity contribution is 0.0955. The van der Waals surface area contributed by atoms with Crippen molar-refractivity contribution in [3.63, 3.8) is 0 Å². The molecule has 4 N–H and O–H groups in total. The third-order valence-electron chi connectivity index (χ3n) is 1.92. The smallest absolute Gasteiger partial charge is 0.254 e. The highest BCUT2D eigenvalue weighted by Gasteiger charge is 2.11. The number of oxime groups is 1. The van der Waals surface area contributed by atoms with E-state index in [-0.39, 0.29) is 17.9 Å². The number of aryl methyl sites for hydroxylation is 1. The van der Waals surface area contributed by atoms with Crippen molar-refractivity contribution in [1.82, 2.24) is 5.32 Å². The number of nitrogens with one attached hydrogen (secondary N) is 1. The number of nitrogens with zero attached hydrogens (tertiary/aromatic N) is 1. The molecule has 0 fully saturated rings. The van der Waals surface area contributed by atoms with Crippen LogP contribution in [-0.4, -0.2) is 23.5 Å². The third kappa shape index (κ3) is 2.94. The Morgan fingerprint density at radius 3 is 2.94 bits per heavy atom. The number of halogens is 1. The van der Waals surface area contributed by atoms with E-state index in [9.17, 15) is 9.18 Å². The monoisotopic (exact) mass is 225 g/mol. The van der Waals surface area contributed by atoms with Gasteiger partial charge in [0.15, 0.2) is 5.84 Å². The van der Waals surface area contributed by atoms with Crippen molar-refractivity contribution in [2.75, 3.05) is 6.54 Å². The van der Waals surface area contributed by atoms with Gasteiger partial charge in [-0.05, 0) is 19.1 Å². The molecule has 0 heterocycles. The molecule has 0 bridgehead atoms. The second-order valence-electron chi connectivity index (χ2n) is 3.26. The Hall–Kier alpha value is -2.11. The highest BCUT2D eigenvalue weighted by molar-refractivity contribution is 5.97. The molecule has 1 aromatic carbocycles. The van der Waals surface area contributed by atoms with Crippen LogP contribution in [0, 0.1) is 12.7 Å². The molecule has 1 rings (SSSR count). The number of rotatable bonds is 3. The van der Waals surface area contributed by atoms with E-state index in [4.69, 9.17) is 10.9 Å². The molecule has 0 unspecified atom stereocenters. The molecule has 0 saturated heterocycles. The van der Waals surface area contributed by atoms with Gasteiger partial charge in [-0.1, -0.05) is 16.8 Å². The summed E-state index contributed by atoms with van der Waals surface area (Å²) < 4.78 is 13.3. The molecule has 86 valence electrons. The summed E-state index contributed by atoms with van der Waals surface area (Å²) in [7, 11) is 0. The highest BCUT2D eigenvalue weighted by atomic mass is 19.1. The van der Waals surface area contributed by atoms with E-state index in [0.717, 1.165) is 5.56 Å². The van der Waals surface area contributed by atoms with Crippen LogP contribution in [0.25, 0.3) is 0 Å². The van der Waals surface area contributed by atoms with Gasteiger partial charge in [-0.15, -0.1) is 0 Å². The molecule has 0 aliphatic carbocycles. The standard InChI is InChI=1S/C10H12FN3O2/c1-6-2-3-8(11)7(4-6)10(15)13-5-9(12)14-16/h2-4,16H,5H2,1H3,(H2,12,14)(H,13,15). The molecule has 0 radical (unpaired) electrons. The SMILES string of the molecule is Cc1ccc(F)c(C(=O)NCC(N)=NO)c1. The van der Waals surface area contributed by atoms with E-state index in [0.29, 0.717) is 0 Å². The van der Waals surface area contributed by atoms with E-state index in [1.807, 2.05) is 0 Å². The lowest BCUT2D eigenvalue weighted by atomic mass is 10.1. The predicted molar refractivity (Wildman–Crippen MR) is 56.9 cm³/mol. The maximum atomic E-state index is 13.3. The van der Waals surface area contributed by atoms with Crippen molar-refractivity contribution in [2.24, 2.45) is 10.9 Å². The minimum Gasteiger partial charge on any atom is -0.409 e. The lowest BCUT2D eigenvalue weighted by Crippen LogP contribution is -2.34. The average Bonchev–Trinajstić information content (AvgIpc) is 2.28. The molecule has 0 aliphatic heterocycles. The van der Waals surface area contributed by atoms with Crippen LogP contribution in [0.1, 0.15) is 15.9 Å². The minimum atomic E-state index is -0.609. The van der Waals surface area contributed by atoms with Crippen molar-refractivity contribution >= 4 is 11.7 Å². The Kier molecular flexibility index (Phi) is 3.82. The van der Waals surface area contributed by atoms with E-state index < -0.39 is 11.7 Å². The molecular formula is C10H12FN3O2. The van der Waals surface area contributed by atoms with Gasteiger partial charge in [0.05, 0.1) is 12.1 Å². The topological polar surface area (TPSA) is 87.7 Å². The summed E-state index contributed by atoms with van der Waals surface area (Å²) in [4.78, 5) is 11.5. The molecule has 0 aromatic heterocycles. The number of hydrogen-bond donors (Lipinski definition) is 3. The summed E-state index contributed by atoms with van der Waals surface area (Å²) in [6.07, 6.45) is 0. The average molecular weight is 225 g/mol. The van der Waals surface area contributed by atoms with E-state index >= 15 is 0 Å². The van der Waals surface area contributed by atoms with Crippen molar-refractivity contribution in [3.8, 4) is 0 Å². The minimum absolute atomic E-state index is 0.0641. The predicted octanol–water partition coefficient (Wildman–Crippen LogP) is 0.610. The highest BCUT2D eigenvalue weighted by Crippen LogP contribution is 2.09. The fourth-order valence-corrected chi connectivity index (χ4v) is 1.11. The first-order chi connectivity index (χ1) is 7.54. The number of carbonyl (C=O) groups is 1. The second-order valence-corrected chi connectivity index (χ2v) is 3.26. The van der Waals surface area contributed by atoms with Gasteiger partial charge < -0.3 is 16.3 Å². The molecular weight excluding hydrogens is 213 g/mol. The Labute approximate surface area is 91.8 Å². The zero-order chi connectivity index (χ0) is 12.1. The number of benzene rings is 1. The summed E-state index contributed by atoms with van der Waals surface area (Å²) in [5.74, 6) is -1.36. The van der Waals surface area contributed by atoms with Gasteiger partial charge in [0.1, 0.15) is 5.82 Å². The fourth-order valence-electron chi connectivity index (χ4n) is 1.11. The molecule has 5 nitrogen and oxygen atoms in total. The molecule has 0 saturated carbocycles. The van der Waals surface area contributed by atoms with E-state index in [2.05, 4.69) is 10.5 Å². The molecule has 1 aromatic rings. The summed E-state index contributed by atoms with van der Waals surface area (Å²) in [6.45, 7) is 1.61. The number of amidine groups is 1. The molecule has 6 heteroatoms. The quantitative estimate of drug-likeness (QED) is 0.305. The van der Waals surface area contributed by atoms with Gasteiger partial charge in [-0.25, -0.2) is 4.39 Å². The van der Waals surface area contributed by atoms with Crippen LogP contribution in [-0.2, 0) is 0 Å². The van der Waals surface area contributed by atoms with Gasteiger partial charge in [0, 0.05) is 0 Å². The third-order valence-corrected chi connectivity index (χ3v) is 1.92. The van der Waals surface area contributed by atoms with Crippen LogP contribution in [0.15, 0.2) is 23.4 Å². The summed E-state index contributed by atoms with van der Waals surface area (Å²) in [5, 5.41) is 13.3. The van der Waals surface area contributed by atoms with Crippen molar-refractivity contribution in [3.05, 3.63) is 35.1 Å². The largest absolute Gasteiger partial charge is 0.409 e. The number of hydrogen-bond acceptors (Lipinski definition) is 3. The summed E-state index contributed by atoms with van der Waals surface area (Å²) in [5.41, 5.74) is 5.87. The normalized spacial score (nSPS) is 11.2. The Morgan fingerprint density at radius 2 is 2.31 bits per heavy atom. The van der Waals surface area contributed by atoms with Gasteiger partial charge >= 0.3 is 0 Å². The zero-order valence-electron chi connectivity index (χ0n) is 8.70. The molecule has 0 aliphatic rings. The van der Waals surface area contributed by atoms with Crippen LogP contribution < -0.4 is 11.1 Å². The van der Waals surface area contributed by atoms with E-state index in [1.54, 1.807) is 13.0 Å². The Balaban J connectivity index is 2.77. The summed E-state index contributed by atoms with van der Waals surface area (Å²) >= 11 is 0. The van der Waals surface area contributed by atoms with Crippen LogP contribution >= 0.6 is 0 Å². The molecule has 16 heavy (non-hydrogen) atoms. The first-order valence-electron chi connectivity index (χ1n) is 4.55. The van der Waals surface area contributed by atoms with Gasteiger partial charge in [-0.3, -0.25) is 4.79 Å². The van der Waals surface area contributed by atoms with Gasteiger partial charge in [0.2, 0.25) is 0 Å². The molecule has 1 amide bonds. The first kappa shape index (κ1) is 12.0. The number of nitrogens with two attached hydrogens (primary N) is 1. The van der Waals surface area contributed by atoms with Crippen LogP contribution in [0.3, 0.4) is 0 Å². The zero-order valence-corrected chi connectivity index (χ0v) is 8.70. The second kappa shape index (κ2) is 5.11. The molecule has 0 spiro atoms. The fraction of sp³-hybridized carbons (Fsp3) is 0.200. The number of amides is 1. The molecule has 0 atom stereocenters. The van der Waals surface area contributed by atoms with Gasteiger partial charge in [-0.2, -0.15) is 0 Å². The summed E-state index contributed by atoms with van der Waals surface area (Å²) in [6, 6.07) is 4.21. The van der Waals surface area contributed by atoms with Crippen molar-refractivity contribution in [1.29, 1.82) is 0 Å². The first-order valence-corrected chi connectivity index (χ1v) is 4.55. The maximum Gasteiger partial charge on any atom is 0.254 e. The lowest BCUT2D eigenvalue weighted by Gasteiger charge is -2.05. The van der Waals surface area contributed by atoms with Crippen LogP contribution in [0.5, 0.6) is 0 Å². The van der Waals surface area contributed by atoms with Crippen molar-refractivity contribution in [2.45, 2.75) is 6.92 Å². The Morgan fingerprint density at radius 1 is 1.62 bits per heavy atom.